The minimum absolute atomic E-state index is 0.233. The van der Waals surface area contributed by atoms with Gasteiger partial charge < -0.3 is 14.5 Å². The molecule has 0 unspecified atom stereocenters. The summed E-state index contributed by atoms with van der Waals surface area (Å²) < 4.78 is 5.57. The van der Waals surface area contributed by atoms with Gasteiger partial charge in [0.05, 0.1) is 12.8 Å². The molecule has 2 aliphatic heterocycles. The number of carbonyl (C=O) groups is 1. The lowest BCUT2D eigenvalue weighted by molar-refractivity contribution is -0.117. The third-order valence-corrected chi connectivity index (χ3v) is 4.76. The summed E-state index contributed by atoms with van der Waals surface area (Å²) in [5.41, 5.74) is 2.13. The van der Waals surface area contributed by atoms with Crippen molar-refractivity contribution in [2.45, 2.75) is 33.1 Å². The van der Waals surface area contributed by atoms with Gasteiger partial charge in [0.25, 0.3) is 0 Å². The first-order valence-electron chi connectivity index (χ1n) is 8.32. The van der Waals surface area contributed by atoms with Gasteiger partial charge in [0.1, 0.15) is 5.75 Å². The highest BCUT2D eigenvalue weighted by Gasteiger charge is 2.26. The van der Waals surface area contributed by atoms with Crippen LogP contribution in [0.15, 0.2) is 18.2 Å². The van der Waals surface area contributed by atoms with Crippen molar-refractivity contribution in [1.29, 1.82) is 0 Å². The Balaban J connectivity index is 1.92. The number of nitrogens with zero attached hydrogens (tertiary/aromatic N) is 2. The quantitative estimate of drug-likeness (QED) is 0.859. The highest BCUT2D eigenvalue weighted by Crippen LogP contribution is 2.37. The molecule has 2 atom stereocenters. The zero-order valence-electron chi connectivity index (χ0n) is 13.8. The molecule has 0 aromatic heterocycles. The molecule has 4 nitrogen and oxygen atoms in total. The Morgan fingerprint density at radius 1 is 1.18 bits per heavy atom. The fourth-order valence-corrected chi connectivity index (χ4v) is 3.87. The zero-order chi connectivity index (χ0) is 15.7. The summed E-state index contributed by atoms with van der Waals surface area (Å²) in [7, 11) is 1.72. The number of carbonyl (C=O) groups excluding carboxylic acids is 1. The van der Waals surface area contributed by atoms with Gasteiger partial charge in [-0.15, -0.1) is 0 Å². The molecule has 0 radical (unpaired) electrons. The number of piperidine rings is 1. The highest BCUT2D eigenvalue weighted by atomic mass is 16.5. The highest BCUT2D eigenvalue weighted by molar-refractivity contribution is 5.96. The number of methoxy groups -OCH3 is 1. The third-order valence-electron chi connectivity index (χ3n) is 4.76. The standard InChI is InChI=1S/C18H26N2O2/c1-13-9-14(2)12-19(11-13)16-10-15(6-7-17(16)22-3)20-8-4-5-18(20)21/h6-7,10,13-14H,4-5,8-9,11-12H2,1-3H3/t13-,14+. The molecule has 22 heavy (non-hydrogen) atoms. The SMILES string of the molecule is COc1ccc(N2CCCC2=O)cc1N1C[C@H](C)C[C@H](C)C1. The van der Waals surface area contributed by atoms with Gasteiger partial charge in [-0.2, -0.15) is 0 Å². The van der Waals surface area contributed by atoms with Crippen LogP contribution in [0.2, 0.25) is 0 Å². The van der Waals surface area contributed by atoms with E-state index in [0.717, 1.165) is 43.2 Å². The monoisotopic (exact) mass is 302 g/mol. The molecule has 0 spiro atoms. The molecule has 2 saturated heterocycles. The normalized spacial score (nSPS) is 25.7. The number of benzene rings is 1. The largest absolute Gasteiger partial charge is 0.495 e. The predicted octanol–water partition coefficient (Wildman–Crippen LogP) is 3.30. The zero-order valence-corrected chi connectivity index (χ0v) is 13.8. The van der Waals surface area contributed by atoms with Crippen molar-refractivity contribution >= 4 is 17.3 Å². The second kappa shape index (κ2) is 6.19. The minimum Gasteiger partial charge on any atom is -0.495 e. The van der Waals surface area contributed by atoms with Crippen LogP contribution in [-0.4, -0.2) is 32.7 Å². The van der Waals surface area contributed by atoms with Crippen LogP contribution < -0.4 is 14.5 Å². The second-order valence-electron chi connectivity index (χ2n) is 6.86. The van der Waals surface area contributed by atoms with Crippen molar-refractivity contribution in [2.24, 2.45) is 11.8 Å². The number of anilines is 2. The van der Waals surface area contributed by atoms with E-state index in [9.17, 15) is 4.79 Å². The molecule has 120 valence electrons. The summed E-state index contributed by atoms with van der Waals surface area (Å²) in [5, 5.41) is 0. The second-order valence-corrected chi connectivity index (χ2v) is 6.86. The van der Waals surface area contributed by atoms with E-state index in [-0.39, 0.29) is 5.91 Å². The molecule has 0 N–H and O–H groups in total. The molecule has 1 amide bonds. The van der Waals surface area contributed by atoms with E-state index >= 15 is 0 Å². The van der Waals surface area contributed by atoms with Crippen LogP contribution in [0, 0.1) is 11.8 Å². The molecule has 2 aliphatic rings. The predicted molar refractivity (Wildman–Crippen MR) is 89.7 cm³/mol. The maximum absolute atomic E-state index is 12.0. The topological polar surface area (TPSA) is 32.8 Å². The smallest absolute Gasteiger partial charge is 0.227 e. The van der Waals surface area contributed by atoms with Gasteiger partial charge in [0.15, 0.2) is 0 Å². The molecule has 1 aromatic rings. The van der Waals surface area contributed by atoms with Crippen molar-refractivity contribution in [2.75, 3.05) is 36.5 Å². The lowest BCUT2D eigenvalue weighted by Gasteiger charge is -2.37. The van der Waals surface area contributed by atoms with Crippen LogP contribution in [0.25, 0.3) is 0 Å². The van der Waals surface area contributed by atoms with Gasteiger partial charge >= 0.3 is 0 Å². The molecule has 0 bridgehead atoms. The van der Waals surface area contributed by atoms with Gasteiger partial charge in [-0.25, -0.2) is 0 Å². The van der Waals surface area contributed by atoms with Crippen molar-refractivity contribution in [3.8, 4) is 5.75 Å². The Morgan fingerprint density at radius 2 is 1.91 bits per heavy atom. The molecular weight excluding hydrogens is 276 g/mol. The molecule has 1 aromatic carbocycles. The summed E-state index contributed by atoms with van der Waals surface area (Å²) >= 11 is 0. The van der Waals surface area contributed by atoms with E-state index in [1.807, 2.05) is 17.0 Å². The van der Waals surface area contributed by atoms with Crippen molar-refractivity contribution in [3.63, 3.8) is 0 Å². The molecule has 3 rings (SSSR count). The van der Waals surface area contributed by atoms with Gasteiger partial charge in [0, 0.05) is 31.7 Å². The Labute approximate surface area is 133 Å². The lowest BCUT2D eigenvalue weighted by atomic mass is 9.91. The Hall–Kier alpha value is -1.71. The number of hydrogen-bond acceptors (Lipinski definition) is 3. The van der Waals surface area contributed by atoms with E-state index in [4.69, 9.17) is 4.74 Å². The van der Waals surface area contributed by atoms with Crippen molar-refractivity contribution in [3.05, 3.63) is 18.2 Å². The van der Waals surface area contributed by atoms with E-state index in [1.165, 1.54) is 6.42 Å². The van der Waals surface area contributed by atoms with E-state index in [0.29, 0.717) is 18.3 Å². The summed E-state index contributed by atoms with van der Waals surface area (Å²) in [5.74, 6) is 2.50. The fraction of sp³-hybridized carbons (Fsp3) is 0.611. The molecule has 4 heteroatoms. The first-order valence-corrected chi connectivity index (χ1v) is 8.32. The third kappa shape index (κ3) is 2.92. The summed E-state index contributed by atoms with van der Waals surface area (Å²) in [4.78, 5) is 16.3. The van der Waals surface area contributed by atoms with E-state index in [1.54, 1.807) is 7.11 Å². The summed E-state index contributed by atoms with van der Waals surface area (Å²) in [6.45, 7) is 7.56. The average molecular weight is 302 g/mol. The number of hydrogen-bond donors (Lipinski definition) is 0. The summed E-state index contributed by atoms with van der Waals surface area (Å²) in [6.07, 6.45) is 2.90. The first kappa shape index (κ1) is 15.2. The van der Waals surface area contributed by atoms with Gasteiger partial charge in [-0.05, 0) is 42.9 Å². The Bertz CT molecular complexity index is 548. The Kier molecular flexibility index (Phi) is 4.27. The average Bonchev–Trinajstić information content (AvgIpc) is 2.91. The van der Waals surface area contributed by atoms with Crippen LogP contribution in [0.4, 0.5) is 11.4 Å². The maximum Gasteiger partial charge on any atom is 0.227 e. The van der Waals surface area contributed by atoms with Gasteiger partial charge in [0.2, 0.25) is 5.91 Å². The number of ether oxygens (including phenoxy) is 1. The Morgan fingerprint density at radius 3 is 2.50 bits per heavy atom. The van der Waals surface area contributed by atoms with Crippen LogP contribution in [0.3, 0.4) is 0 Å². The molecule has 0 saturated carbocycles. The summed E-state index contributed by atoms with van der Waals surface area (Å²) in [6, 6.07) is 6.13. The van der Waals surface area contributed by atoms with Crippen molar-refractivity contribution < 1.29 is 9.53 Å². The van der Waals surface area contributed by atoms with Gasteiger partial charge in [-0.3, -0.25) is 4.79 Å². The van der Waals surface area contributed by atoms with E-state index in [2.05, 4.69) is 24.8 Å². The van der Waals surface area contributed by atoms with Gasteiger partial charge in [-0.1, -0.05) is 13.8 Å². The van der Waals surface area contributed by atoms with E-state index < -0.39 is 0 Å². The minimum atomic E-state index is 0.233. The molecular formula is C18H26N2O2. The van der Waals surface area contributed by atoms with Crippen LogP contribution in [0.5, 0.6) is 5.75 Å². The lowest BCUT2D eigenvalue weighted by Crippen LogP contribution is -2.39. The molecule has 2 fully saturated rings. The van der Waals surface area contributed by atoms with Crippen molar-refractivity contribution in [1.82, 2.24) is 0 Å². The first-order chi connectivity index (χ1) is 10.6. The number of rotatable bonds is 3. The fourth-order valence-electron chi connectivity index (χ4n) is 3.87. The molecule has 0 aliphatic carbocycles. The maximum atomic E-state index is 12.0. The molecule has 2 heterocycles. The van der Waals surface area contributed by atoms with Crippen LogP contribution in [-0.2, 0) is 4.79 Å². The van der Waals surface area contributed by atoms with Crippen LogP contribution in [0.1, 0.15) is 33.1 Å². The number of amides is 1. The van der Waals surface area contributed by atoms with Crippen LogP contribution >= 0.6 is 0 Å².